The van der Waals surface area contributed by atoms with Crippen LogP contribution in [0.5, 0.6) is 11.5 Å². The molecular formula is C37H60N2O7. The summed E-state index contributed by atoms with van der Waals surface area (Å²) in [5.41, 5.74) is 0.661. The lowest BCUT2D eigenvalue weighted by atomic mass is 9.78. The molecule has 46 heavy (non-hydrogen) atoms. The van der Waals surface area contributed by atoms with Crippen LogP contribution in [0.15, 0.2) is 18.2 Å². The average Bonchev–Trinajstić information content (AvgIpc) is 3.77. The van der Waals surface area contributed by atoms with Gasteiger partial charge in [-0.2, -0.15) is 0 Å². The van der Waals surface area contributed by atoms with Gasteiger partial charge in [0.1, 0.15) is 5.60 Å². The summed E-state index contributed by atoms with van der Waals surface area (Å²) in [5, 5.41) is 0. The van der Waals surface area contributed by atoms with E-state index in [1.54, 1.807) is 14.2 Å². The van der Waals surface area contributed by atoms with Gasteiger partial charge in [-0.15, -0.1) is 0 Å². The number of ether oxygens (including phenoxy) is 5. The molecule has 2 aliphatic heterocycles. The van der Waals surface area contributed by atoms with Crippen LogP contribution in [0, 0.1) is 29.6 Å². The predicted octanol–water partition coefficient (Wildman–Crippen LogP) is 6.61. The van der Waals surface area contributed by atoms with Crippen LogP contribution in [0.4, 0.5) is 4.79 Å². The quantitative estimate of drug-likeness (QED) is 0.187. The first-order valence-corrected chi connectivity index (χ1v) is 17.6. The smallest absolute Gasteiger partial charge is 0.410 e. The van der Waals surface area contributed by atoms with Crippen molar-refractivity contribution in [3.05, 3.63) is 23.8 Å². The molecule has 0 radical (unpaired) electrons. The minimum atomic E-state index is -0.553. The van der Waals surface area contributed by atoms with Gasteiger partial charge in [-0.25, -0.2) is 4.79 Å². The third-order valence-electron chi connectivity index (χ3n) is 9.80. The number of hydrogen-bond donors (Lipinski definition) is 0. The molecule has 4 rings (SSSR count). The molecule has 2 saturated heterocycles. The van der Waals surface area contributed by atoms with Crippen LogP contribution in [0.3, 0.4) is 0 Å². The largest absolute Gasteiger partial charge is 0.493 e. The Morgan fingerprint density at radius 1 is 1.00 bits per heavy atom. The molecule has 1 saturated carbocycles. The highest BCUT2D eigenvalue weighted by atomic mass is 16.6. The van der Waals surface area contributed by atoms with E-state index in [9.17, 15) is 9.59 Å². The number of methoxy groups -OCH3 is 2. The van der Waals surface area contributed by atoms with Crippen molar-refractivity contribution in [1.82, 2.24) is 9.80 Å². The summed E-state index contributed by atoms with van der Waals surface area (Å²) in [6.45, 7) is 15.0. The summed E-state index contributed by atoms with van der Waals surface area (Å²) in [6, 6.07) is 6.59. The second-order valence-electron chi connectivity index (χ2n) is 15.1. The monoisotopic (exact) mass is 644 g/mol. The van der Waals surface area contributed by atoms with E-state index in [2.05, 4.69) is 30.9 Å². The van der Waals surface area contributed by atoms with Crippen LogP contribution in [0.2, 0.25) is 0 Å². The lowest BCUT2D eigenvalue weighted by Crippen LogP contribution is -2.41. The van der Waals surface area contributed by atoms with Crippen LogP contribution in [-0.4, -0.2) is 93.7 Å². The lowest BCUT2D eigenvalue weighted by molar-refractivity contribution is -0.134. The van der Waals surface area contributed by atoms with Crippen molar-refractivity contribution in [3.63, 3.8) is 0 Å². The Kier molecular flexibility index (Phi) is 13.5. The van der Waals surface area contributed by atoms with Gasteiger partial charge < -0.3 is 33.5 Å². The molecule has 0 N–H and O–H groups in total. The van der Waals surface area contributed by atoms with Gasteiger partial charge in [0.15, 0.2) is 11.5 Å². The van der Waals surface area contributed by atoms with Gasteiger partial charge in [0.25, 0.3) is 0 Å². The molecule has 0 spiro atoms. The highest BCUT2D eigenvalue weighted by Gasteiger charge is 2.42. The maximum Gasteiger partial charge on any atom is 0.410 e. The first-order valence-electron chi connectivity index (χ1n) is 17.6. The molecule has 0 unspecified atom stereocenters. The van der Waals surface area contributed by atoms with Crippen LogP contribution < -0.4 is 9.47 Å². The average molecular weight is 645 g/mol. The topological polar surface area (TPSA) is 86.8 Å². The Hall–Kier alpha value is -2.52. The minimum Gasteiger partial charge on any atom is -0.493 e. The summed E-state index contributed by atoms with van der Waals surface area (Å²) in [7, 11) is 3.37. The Bertz CT molecular complexity index is 1110. The fourth-order valence-electron chi connectivity index (χ4n) is 6.93. The number of carbonyl (C=O) groups is 2. The Labute approximate surface area is 277 Å². The predicted molar refractivity (Wildman–Crippen MR) is 179 cm³/mol. The second-order valence-corrected chi connectivity index (χ2v) is 15.1. The van der Waals surface area contributed by atoms with E-state index in [1.165, 1.54) is 5.56 Å². The molecule has 260 valence electrons. The third-order valence-corrected chi connectivity index (χ3v) is 9.80. The molecule has 3 aliphatic rings. The van der Waals surface area contributed by atoms with E-state index in [4.69, 9.17) is 23.7 Å². The maximum absolute atomic E-state index is 13.7. The lowest BCUT2D eigenvalue weighted by Gasteiger charge is -2.32. The second kappa shape index (κ2) is 17.0. The zero-order chi connectivity index (χ0) is 33.3. The molecule has 9 heteroatoms. The molecule has 0 aromatic heterocycles. The molecule has 2 heterocycles. The number of carbonyl (C=O) groups excluding carboxylic acids is 2. The number of nitrogens with zero attached hydrogens (tertiary/aromatic N) is 2. The number of rotatable bonds is 16. The molecule has 1 aromatic rings. The standard InChI is InChI=1S/C37H60N2O7/c1-26(2)29(19-28-9-12-33(43-7)34(20-28)45-16-8-15-42-6)22-30-23-38(36(41)46-37(3,4)5)24-31(30)25-39(32-10-11-32)35(40)21-27-13-17-44-18-14-27/h9,12,20,26-27,29-32H,8,10-11,13-19,21-25H2,1-7H3/t29-,30+,31-/m0/s1. The Morgan fingerprint density at radius 2 is 1.72 bits per heavy atom. The van der Waals surface area contributed by atoms with E-state index in [0.717, 1.165) is 69.7 Å². The Morgan fingerprint density at radius 3 is 2.35 bits per heavy atom. The van der Waals surface area contributed by atoms with E-state index in [1.807, 2.05) is 31.7 Å². The maximum atomic E-state index is 13.7. The summed E-state index contributed by atoms with van der Waals surface area (Å²) in [5.74, 6) is 3.51. The highest BCUT2D eigenvalue weighted by molar-refractivity contribution is 5.77. The number of amides is 2. The van der Waals surface area contributed by atoms with Gasteiger partial charge in [-0.3, -0.25) is 4.79 Å². The van der Waals surface area contributed by atoms with E-state index in [0.29, 0.717) is 63.1 Å². The molecular weight excluding hydrogens is 584 g/mol. The fraction of sp³-hybridized carbons (Fsp3) is 0.784. The summed E-state index contributed by atoms with van der Waals surface area (Å²) in [6.07, 6.45) is 7.13. The Balaban J connectivity index is 1.49. The van der Waals surface area contributed by atoms with Crippen molar-refractivity contribution in [3.8, 4) is 11.5 Å². The number of hydrogen-bond acceptors (Lipinski definition) is 7. The van der Waals surface area contributed by atoms with Crippen molar-refractivity contribution in [2.24, 2.45) is 29.6 Å². The molecule has 1 aliphatic carbocycles. The van der Waals surface area contributed by atoms with Crippen LogP contribution in [0.1, 0.15) is 85.1 Å². The van der Waals surface area contributed by atoms with Crippen molar-refractivity contribution in [2.75, 3.05) is 60.3 Å². The van der Waals surface area contributed by atoms with Gasteiger partial charge >= 0.3 is 6.09 Å². The fourth-order valence-corrected chi connectivity index (χ4v) is 6.93. The molecule has 3 fully saturated rings. The molecule has 9 nitrogen and oxygen atoms in total. The summed E-state index contributed by atoms with van der Waals surface area (Å²) >= 11 is 0. The van der Waals surface area contributed by atoms with E-state index >= 15 is 0 Å². The van der Waals surface area contributed by atoms with Crippen LogP contribution in [-0.2, 0) is 25.4 Å². The van der Waals surface area contributed by atoms with Crippen molar-refractivity contribution in [1.29, 1.82) is 0 Å². The minimum absolute atomic E-state index is 0.212. The molecule has 2 amide bonds. The van der Waals surface area contributed by atoms with Crippen molar-refractivity contribution in [2.45, 2.75) is 97.6 Å². The molecule has 3 atom stereocenters. The summed E-state index contributed by atoms with van der Waals surface area (Å²) in [4.78, 5) is 31.1. The zero-order valence-corrected chi connectivity index (χ0v) is 29.6. The van der Waals surface area contributed by atoms with Crippen molar-refractivity contribution < 1.29 is 33.3 Å². The normalized spacial score (nSPS) is 21.3. The first kappa shape index (κ1) is 36.3. The van der Waals surface area contributed by atoms with Crippen LogP contribution in [0.25, 0.3) is 0 Å². The molecule has 0 bridgehead atoms. The van der Waals surface area contributed by atoms with E-state index < -0.39 is 5.60 Å². The van der Waals surface area contributed by atoms with Gasteiger partial charge in [-0.1, -0.05) is 19.9 Å². The number of likely N-dealkylation sites (tertiary alicyclic amines) is 1. The van der Waals surface area contributed by atoms with Gasteiger partial charge in [0.2, 0.25) is 5.91 Å². The summed E-state index contributed by atoms with van der Waals surface area (Å²) < 4.78 is 28.2. The van der Waals surface area contributed by atoms with Gasteiger partial charge in [-0.05, 0) is 107 Å². The van der Waals surface area contributed by atoms with Crippen LogP contribution >= 0.6 is 0 Å². The first-order chi connectivity index (χ1) is 22.0. The van der Waals surface area contributed by atoms with Crippen molar-refractivity contribution >= 4 is 12.0 Å². The number of benzene rings is 1. The molecule has 1 aromatic carbocycles. The van der Waals surface area contributed by atoms with E-state index in [-0.39, 0.29) is 23.8 Å². The highest BCUT2D eigenvalue weighted by Crippen LogP contribution is 2.38. The van der Waals surface area contributed by atoms with Gasteiger partial charge in [0, 0.05) is 65.4 Å². The SMILES string of the molecule is COCCCOc1cc(C[C@@H](C[C@@H]2CN(C(=O)OC(C)(C)C)C[C@H]2CN(C(=O)CC2CCOCC2)C2CC2)C(C)C)ccc1OC. The zero-order valence-electron chi connectivity index (χ0n) is 29.6. The van der Waals surface area contributed by atoms with Gasteiger partial charge in [0.05, 0.1) is 13.7 Å². The third kappa shape index (κ3) is 11.0.